The van der Waals surface area contributed by atoms with E-state index in [-0.39, 0.29) is 12.4 Å². The highest BCUT2D eigenvalue weighted by atomic mass is 35.5. The van der Waals surface area contributed by atoms with Crippen molar-refractivity contribution in [1.82, 2.24) is 15.0 Å². The molecule has 0 aliphatic rings. The molecule has 0 aromatic carbocycles. The molecule has 2 aromatic heterocycles. The minimum Gasteiger partial charge on any atom is -0.369 e. The zero-order valence-electron chi connectivity index (χ0n) is 5.91. The van der Waals surface area contributed by atoms with E-state index >= 15 is 0 Å². The molecule has 0 unspecified atom stereocenters. The van der Waals surface area contributed by atoms with Crippen LogP contribution in [0, 0.1) is 0 Å². The molecule has 0 amide bonds. The van der Waals surface area contributed by atoms with Crippen LogP contribution >= 0.6 is 24.0 Å². The van der Waals surface area contributed by atoms with Gasteiger partial charge in [-0.3, -0.25) is 0 Å². The Morgan fingerprint density at radius 3 is 3.00 bits per heavy atom. The molecule has 4 nitrogen and oxygen atoms in total. The topological polar surface area (TPSA) is 67.6 Å². The molecule has 0 atom stereocenters. The maximum Gasteiger partial charge on any atom is 0.200 e. The summed E-state index contributed by atoms with van der Waals surface area (Å²) in [4.78, 5) is 10.7. The monoisotopic (exact) mass is 204 g/mol. The highest BCUT2D eigenvalue weighted by Crippen LogP contribution is 2.14. The number of anilines is 1. The Morgan fingerprint density at radius 2 is 2.25 bits per heavy atom. The number of nitrogens with two attached hydrogens (primary N) is 1. The highest BCUT2D eigenvalue weighted by molar-refractivity contribution is 6.31. The number of nitrogens with zero attached hydrogens (tertiary/aromatic N) is 2. The smallest absolute Gasteiger partial charge is 0.200 e. The van der Waals surface area contributed by atoms with Crippen LogP contribution in [-0.4, -0.2) is 15.0 Å². The Morgan fingerprint density at radius 1 is 1.50 bits per heavy atom. The van der Waals surface area contributed by atoms with Gasteiger partial charge in [-0.2, -0.15) is 4.98 Å². The van der Waals surface area contributed by atoms with Crippen LogP contribution in [0.15, 0.2) is 12.3 Å². The second-order valence-corrected chi connectivity index (χ2v) is 2.58. The first-order valence-corrected chi connectivity index (χ1v) is 3.40. The largest absolute Gasteiger partial charge is 0.369 e. The fourth-order valence-electron chi connectivity index (χ4n) is 0.893. The lowest BCUT2D eigenvalue weighted by molar-refractivity contribution is 1.31. The van der Waals surface area contributed by atoms with Crippen molar-refractivity contribution in [2.75, 3.05) is 5.73 Å². The number of nitrogens with one attached hydrogen (secondary N) is 1. The summed E-state index contributed by atoms with van der Waals surface area (Å²) >= 11 is 5.68. The molecule has 64 valence electrons. The Hall–Kier alpha value is -1.00. The number of aromatic nitrogens is 3. The number of aromatic amines is 1. The van der Waals surface area contributed by atoms with Gasteiger partial charge in [0, 0.05) is 6.20 Å². The predicted molar refractivity (Wildman–Crippen MR) is 50.6 cm³/mol. The number of hydrogen-bond donors (Lipinski definition) is 2. The fourth-order valence-corrected chi connectivity index (χ4v) is 1.05. The van der Waals surface area contributed by atoms with Crippen LogP contribution in [-0.2, 0) is 0 Å². The van der Waals surface area contributed by atoms with E-state index in [1.165, 1.54) is 6.20 Å². The van der Waals surface area contributed by atoms with Gasteiger partial charge in [0.1, 0.15) is 0 Å². The van der Waals surface area contributed by atoms with Gasteiger partial charge >= 0.3 is 0 Å². The zero-order chi connectivity index (χ0) is 7.84. The van der Waals surface area contributed by atoms with Crippen molar-refractivity contribution in [1.29, 1.82) is 0 Å². The number of nitrogen functional groups attached to an aromatic ring is 1. The third kappa shape index (κ3) is 1.44. The Balaban J connectivity index is 0.000000720. The Bertz CT molecular complexity index is 397. The molecule has 6 heteroatoms. The molecule has 3 N–H and O–H groups in total. The second kappa shape index (κ2) is 3.16. The van der Waals surface area contributed by atoms with Crippen LogP contribution in [0.3, 0.4) is 0 Å². The summed E-state index contributed by atoms with van der Waals surface area (Å²) in [5.41, 5.74) is 6.74. The van der Waals surface area contributed by atoms with Crippen molar-refractivity contribution in [2.45, 2.75) is 0 Å². The van der Waals surface area contributed by atoms with Crippen molar-refractivity contribution < 1.29 is 0 Å². The summed E-state index contributed by atoms with van der Waals surface area (Å²) in [5.74, 6) is 0.356. The van der Waals surface area contributed by atoms with Gasteiger partial charge in [0.2, 0.25) is 0 Å². The van der Waals surface area contributed by atoms with Crippen LogP contribution in [0.5, 0.6) is 0 Å². The van der Waals surface area contributed by atoms with E-state index in [0.29, 0.717) is 16.6 Å². The molecule has 2 aromatic rings. The molecule has 0 saturated heterocycles. The molecule has 12 heavy (non-hydrogen) atoms. The van der Waals surface area contributed by atoms with E-state index in [4.69, 9.17) is 17.3 Å². The summed E-state index contributed by atoms with van der Waals surface area (Å²) in [6.45, 7) is 0. The standard InChI is InChI=1S/C6H5ClN4.ClH/c7-3-1-4-5(9-2-3)11-6(8)10-4;/h1-2H,(H3,8,9,10,11);1H. The summed E-state index contributed by atoms with van der Waals surface area (Å²) in [6, 6.07) is 1.73. The number of rotatable bonds is 0. The molecule has 2 rings (SSSR count). The molecule has 0 spiro atoms. The maximum absolute atomic E-state index is 5.68. The SMILES string of the molecule is Cl.Nc1nc2ncc(Cl)cc2[nH]1. The summed E-state index contributed by atoms with van der Waals surface area (Å²) in [7, 11) is 0. The van der Waals surface area contributed by atoms with Crippen molar-refractivity contribution in [3.8, 4) is 0 Å². The quantitative estimate of drug-likeness (QED) is 0.686. The van der Waals surface area contributed by atoms with Crippen LogP contribution < -0.4 is 5.73 Å². The van der Waals surface area contributed by atoms with Gasteiger partial charge in [0.15, 0.2) is 11.6 Å². The average Bonchev–Trinajstić information content (AvgIpc) is 2.27. The van der Waals surface area contributed by atoms with Crippen molar-refractivity contribution in [3.05, 3.63) is 17.3 Å². The van der Waals surface area contributed by atoms with Gasteiger partial charge in [-0.05, 0) is 6.07 Å². The molecule has 0 radical (unpaired) electrons. The van der Waals surface area contributed by atoms with Crippen molar-refractivity contribution in [2.24, 2.45) is 0 Å². The molecule has 0 saturated carbocycles. The van der Waals surface area contributed by atoms with E-state index in [1.807, 2.05) is 0 Å². The van der Waals surface area contributed by atoms with E-state index < -0.39 is 0 Å². The Labute approximate surface area is 79.6 Å². The Kier molecular flexibility index (Phi) is 2.40. The van der Waals surface area contributed by atoms with E-state index in [2.05, 4.69) is 15.0 Å². The van der Waals surface area contributed by atoms with E-state index in [0.717, 1.165) is 5.52 Å². The maximum atomic E-state index is 5.68. The number of hydrogen-bond acceptors (Lipinski definition) is 3. The first-order chi connectivity index (χ1) is 5.25. The number of halogens is 2. The predicted octanol–water partition coefficient (Wildman–Crippen LogP) is 1.62. The fraction of sp³-hybridized carbons (Fsp3) is 0. The van der Waals surface area contributed by atoms with Gasteiger partial charge in [0.25, 0.3) is 0 Å². The summed E-state index contributed by atoms with van der Waals surface area (Å²) in [5, 5.41) is 0.571. The van der Waals surface area contributed by atoms with E-state index in [1.54, 1.807) is 6.07 Å². The molecular weight excluding hydrogens is 199 g/mol. The van der Waals surface area contributed by atoms with Gasteiger partial charge in [-0.25, -0.2) is 4.98 Å². The lowest BCUT2D eigenvalue weighted by atomic mass is 10.4. The average molecular weight is 205 g/mol. The highest BCUT2D eigenvalue weighted by Gasteiger charge is 1.99. The summed E-state index contributed by atoms with van der Waals surface area (Å²) in [6.07, 6.45) is 1.53. The first-order valence-electron chi connectivity index (χ1n) is 3.02. The summed E-state index contributed by atoms with van der Waals surface area (Å²) < 4.78 is 0. The van der Waals surface area contributed by atoms with Gasteiger partial charge < -0.3 is 10.7 Å². The van der Waals surface area contributed by atoms with Gasteiger partial charge in [-0.15, -0.1) is 12.4 Å². The molecule has 0 aliphatic heterocycles. The van der Waals surface area contributed by atoms with Gasteiger partial charge in [-0.1, -0.05) is 11.6 Å². The molecule has 0 fully saturated rings. The molecule has 2 heterocycles. The van der Waals surface area contributed by atoms with Crippen molar-refractivity contribution in [3.63, 3.8) is 0 Å². The second-order valence-electron chi connectivity index (χ2n) is 2.15. The van der Waals surface area contributed by atoms with Crippen LogP contribution in [0.4, 0.5) is 5.95 Å². The molecule has 0 aliphatic carbocycles. The normalized spacial score (nSPS) is 9.75. The van der Waals surface area contributed by atoms with Crippen LogP contribution in [0.25, 0.3) is 11.2 Å². The third-order valence-electron chi connectivity index (χ3n) is 1.32. The lowest BCUT2D eigenvalue weighted by Gasteiger charge is -1.86. The molecular formula is C6H6Cl2N4. The number of H-pyrrole nitrogens is 1. The van der Waals surface area contributed by atoms with Gasteiger partial charge in [0.05, 0.1) is 10.5 Å². The zero-order valence-corrected chi connectivity index (χ0v) is 7.49. The molecule has 0 bridgehead atoms. The van der Waals surface area contributed by atoms with Crippen LogP contribution in [0.2, 0.25) is 5.02 Å². The number of pyridine rings is 1. The third-order valence-corrected chi connectivity index (χ3v) is 1.53. The van der Waals surface area contributed by atoms with Crippen LogP contribution in [0.1, 0.15) is 0 Å². The first kappa shape index (κ1) is 9.09. The minimum absolute atomic E-state index is 0. The van der Waals surface area contributed by atoms with Crippen molar-refractivity contribution >= 4 is 41.1 Å². The minimum atomic E-state index is 0. The number of imidazole rings is 1. The van der Waals surface area contributed by atoms with E-state index in [9.17, 15) is 0 Å². The lowest BCUT2D eigenvalue weighted by Crippen LogP contribution is -1.84. The number of fused-ring (bicyclic) bond motifs is 1.